The maximum atomic E-state index is 13.4. The van der Waals surface area contributed by atoms with Crippen molar-refractivity contribution < 1.29 is 14.2 Å². The normalized spacial score (nSPS) is 15.1. The van der Waals surface area contributed by atoms with Gasteiger partial charge in [0.05, 0.1) is 11.8 Å². The Morgan fingerprint density at radius 2 is 0.855 bits per heavy atom. The first-order chi connectivity index (χ1) is 40.6. The van der Waals surface area contributed by atoms with E-state index in [0.29, 0.717) is 25.9 Å². The summed E-state index contributed by atoms with van der Waals surface area (Å²) in [7, 11) is 0. The Labute approximate surface area is 506 Å². The predicted octanol–water partition coefficient (Wildman–Crippen LogP) is 21.3. The Morgan fingerprint density at radius 3 is 1.35 bits per heavy atom. The van der Waals surface area contributed by atoms with E-state index < -0.39 is 0 Å². The molecule has 83 heavy (non-hydrogen) atoms. The largest absolute Gasteiger partial charge is 0.356 e. The number of nitrogens with zero attached hydrogens (tertiary/aromatic N) is 2. The van der Waals surface area contributed by atoms with Crippen molar-refractivity contribution in [2.75, 3.05) is 31.1 Å². The van der Waals surface area contributed by atoms with E-state index in [1.807, 2.05) is 0 Å². The van der Waals surface area contributed by atoms with Gasteiger partial charge in [0.15, 0.2) is 12.3 Å². The van der Waals surface area contributed by atoms with Crippen LogP contribution in [0.3, 0.4) is 0 Å². The van der Waals surface area contributed by atoms with Gasteiger partial charge in [0, 0.05) is 60.6 Å². The van der Waals surface area contributed by atoms with Crippen LogP contribution in [0.1, 0.15) is 271 Å². The van der Waals surface area contributed by atoms with E-state index in [0.717, 1.165) is 25.9 Å². The average Bonchev–Trinajstić information content (AvgIpc) is 2.14. The van der Waals surface area contributed by atoms with Crippen LogP contribution in [0.25, 0.3) is 21.5 Å². The summed E-state index contributed by atoms with van der Waals surface area (Å²) in [5.41, 5.74) is 6.92. The number of benzene rings is 4. The first-order valence-electron chi connectivity index (χ1n) is 34.3. The molecule has 0 spiro atoms. The molecule has 0 saturated heterocycles. The smallest absolute Gasteiger partial charge is 0.226 e. The molecule has 0 bridgehead atoms. The highest BCUT2D eigenvalue weighted by atomic mass is 16.2. The molecule has 4 aromatic carbocycles. The zero-order chi connectivity index (χ0) is 58.8. The van der Waals surface area contributed by atoms with E-state index in [9.17, 15) is 9.59 Å². The van der Waals surface area contributed by atoms with Gasteiger partial charge in [0.1, 0.15) is 0 Å². The number of rotatable bonds is 44. The SMILES string of the molecule is CCCCCCCCCCCCCCCCCCNC(=O)CCN1/C(=C/C=C/C=C/C=C/C2=[N+](CCC(=O)NCCCCCCCCCCCCCCCCCC)c3ccc4ccccc4c3C2(C)C)C(C)(C)c2c1ccc1ccccc21. The maximum Gasteiger partial charge on any atom is 0.226 e. The lowest BCUT2D eigenvalue weighted by Crippen LogP contribution is -2.32. The molecule has 0 radical (unpaired) electrons. The van der Waals surface area contributed by atoms with E-state index in [1.165, 1.54) is 248 Å². The Balaban J connectivity index is 0.976. The van der Waals surface area contributed by atoms with Gasteiger partial charge in [0.2, 0.25) is 17.5 Å². The Hall–Kier alpha value is -5.23. The van der Waals surface area contributed by atoms with E-state index in [2.05, 4.69) is 177 Å². The zero-order valence-corrected chi connectivity index (χ0v) is 53.6. The van der Waals surface area contributed by atoms with Gasteiger partial charge >= 0.3 is 0 Å². The summed E-state index contributed by atoms with van der Waals surface area (Å²) in [5.74, 6) is 0.259. The molecule has 6 heteroatoms. The second kappa shape index (κ2) is 37.9. The monoisotopic (exact) mass is 1130 g/mol. The first-order valence-corrected chi connectivity index (χ1v) is 34.3. The van der Waals surface area contributed by atoms with Gasteiger partial charge < -0.3 is 15.5 Å². The lowest BCUT2D eigenvalue weighted by Gasteiger charge is -2.27. The third kappa shape index (κ3) is 21.7. The standard InChI is InChI=1S/C77H114N4O2/c1-7-9-11-13-15-17-19-21-23-25-27-29-31-33-38-46-60-78-72(82)58-62-80-68-56-54-64-48-42-44-50-66(64)74(68)76(3,4)70(80)52-40-36-35-37-41-53-71-77(5,6)75-67-51-45-43-49-65(67)55-57-69(75)81(71)63-59-73(83)79-61-47-39-34-32-30-28-26-24-22-20-18-16-14-12-10-8-2/h35-37,40-45,48-57H,7-34,38-39,46-47,58-63H2,1-6H3,(H-,78,79,82,83)/p+1. The number of unbranched alkanes of at least 4 members (excludes halogenated alkanes) is 30. The number of amides is 2. The third-order valence-corrected chi connectivity index (χ3v) is 18.3. The van der Waals surface area contributed by atoms with Crippen molar-refractivity contribution in [3.8, 4) is 0 Å². The summed E-state index contributed by atoms with van der Waals surface area (Å²) >= 11 is 0. The summed E-state index contributed by atoms with van der Waals surface area (Å²) in [4.78, 5) is 29.2. The topological polar surface area (TPSA) is 64.5 Å². The number of carbonyl (C=O) groups excluding carboxylic acids is 2. The van der Waals surface area contributed by atoms with E-state index in [1.54, 1.807) is 0 Å². The number of carbonyl (C=O) groups is 2. The molecule has 0 aliphatic carbocycles. The summed E-state index contributed by atoms with van der Waals surface area (Å²) in [6.45, 7) is 16.7. The lowest BCUT2D eigenvalue weighted by atomic mass is 9.79. The van der Waals surface area contributed by atoms with Crippen LogP contribution in [0.5, 0.6) is 0 Å². The quantitative estimate of drug-likeness (QED) is 0.0264. The number of anilines is 1. The second-order valence-electron chi connectivity index (χ2n) is 25.8. The second-order valence-corrected chi connectivity index (χ2v) is 25.8. The van der Waals surface area contributed by atoms with Crippen LogP contribution in [0.15, 0.2) is 121 Å². The number of hydrogen-bond donors (Lipinski definition) is 2. The van der Waals surface area contributed by atoms with Crippen LogP contribution in [0.4, 0.5) is 11.4 Å². The molecule has 2 amide bonds. The van der Waals surface area contributed by atoms with Crippen molar-refractivity contribution in [3.63, 3.8) is 0 Å². The lowest BCUT2D eigenvalue weighted by molar-refractivity contribution is -0.436. The molecule has 6 nitrogen and oxygen atoms in total. The maximum absolute atomic E-state index is 13.4. The molecule has 0 unspecified atom stereocenters. The zero-order valence-electron chi connectivity index (χ0n) is 53.6. The van der Waals surface area contributed by atoms with Gasteiger partial charge in [-0.15, -0.1) is 0 Å². The van der Waals surface area contributed by atoms with Crippen LogP contribution >= 0.6 is 0 Å². The van der Waals surface area contributed by atoms with Crippen LogP contribution in [-0.4, -0.2) is 48.3 Å². The van der Waals surface area contributed by atoms with Crippen LogP contribution < -0.4 is 15.5 Å². The number of nitrogens with one attached hydrogen (secondary N) is 2. The number of allylic oxidation sites excluding steroid dienone is 8. The summed E-state index contributed by atoms with van der Waals surface area (Å²) < 4.78 is 2.39. The van der Waals surface area contributed by atoms with Gasteiger partial charge in [-0.25, -0.2) is 0 Å². The Kier molecular flexibility index (Phi) is 30.6. The van der Waals surface area contributed by atoms with Crippen molar-refractivity contribution in [2.45, 2.75) is 271 Å². The van der Waals surface area contributed by atoms with Crippen molar-refractivity contribution in [2.24, 2.45) is 0 Å². The molecule has 6 rings (SSSR count). The highest BCUT2D eigenvalue weighted by molar-refractivity contribution is 6.07. The van der Waals surface area contributed by atoms with E-state index in [4.69, 9.17) is 0 Å². The van der Waals surface area contributed by atoms with Crippen LogP contribution in [0.2, 0.25) is 0 Å². The van der Waals surface area contributed by atoms with E-state index in [-0.39, 0.29) is 22.6 Å². The predicted molar refractivity (Wildman–Crippen MR) is 361 cm³/mol. The fraction of sp³-hybridized carbons (Fsp3) is 0.597. The third-order valence-electron chi connectivity index (χ3n) is 18.3. The minimum absolute atomic E-state index is 0.129. The molecule has 454 valence electrons. The molecule has 0 aromatic heterocycles. The molecule has 2 aliphatic rings. The highest BCUT2D eigenvalue weighted by Crippen LogP contribution is 2.51. The molecule has 0 atom stereocenters. The number of hydrogen-bond acceptors (Lipinski definition) is 3. The minimum atomic E-state index is -0.260. The minimum Gasteiger partial charge on any atom is -0.356 e. The van der Waals surface area contributed by atoms with Crippen molar-refractivity contribution in [1.29, 1.82) is 0 Å². The van der Waals surface area contributed by atoms with Gasteiger partial charge in [-0.1, -0.05) is 305 Å². The van der Waals surface area contributed by atoms with Gasteiger partial charge in [-0.2, -0.15) is 4.58 Å². The van der Waals surface area contributed by atoms with E-state index >= 15 is 0 Å². The molecule has 0 saturated carbocycles. The van der Waals surface area contributed by atoms with Crippen LogP contribution in [-0.2, 0) is 20.4 Å². The molecular weight excluding hydrogens is 1010 g/mol. The summed E-state index contributed by atoms with van der Waals surface area (Å²) in [6.07, 6.45) is 59.2. The van der Waals surface area contributed by atoms with Crippen LogP contribution in [0, 0.1) is 0 Å². The molecule has 2 aliphatic heterocycles. The average molecular weight is 1130 g/mol. The molecular formula is C77H115N4O2+. The van der Waals surface area contributed by atoms with Gasteiger partial charge in [0.25, 0.3) is 0 Å². The molecule has 0 fully saturated rings. The molecule has 2 heterocycles. The molecule has 2 N–H and O–H groups in total. The highest BCUT2D eigenvalue weighted by Gasteiger charge is 2.45. The number of fused-ring (bicyclic) bond motifs is 6. The molecule has 4 aromatic rings. The Bertz CT molecular complexity index is 2700. The van der Waals surface area contributed by atoms with Gasteiger partial charge in [-0.3, -0.25) is 9.59 Å². The van der Waals surface area contributed by atoms with Crippen molar-refractivity contribution >= 4 is 50.4 Å². The fourth-order valence-electron chi connectivity index (χ4n) is 13.4. The first kappa shape index (κ1) is 66.9. The summed E-state index contributed by atoms with van der Waals surface area (Å²) in [5, 5.41) is 11.5. The Morgan fingerprint density at radius 1 is 0.446 bits per heavy atom. The summed E-state index contributed by atoms with van der Waals surface area (Å²) in [6, 6.07) is 26.4. The fourth-order valence-corrected chi connectivity index (χ4v) is 13.4. The van der Waals surface area contributed by atoms with Crippen molar-refractivity contribution in [1.82, 2.24) is 10.6 Å². The van der Waals surface area contributed by atoms with Gasteiger partial charge in [-0.05, 0) is 72.0 Å². The van der Waals surface area contributed by atoms with Crippen molar-refractivity contribution in [3.05, 3.63) is 132 Å².